The summed E-state index contributed by atoms with van der Waals surface area (Å²) < 4.78 is 52.4. The molecule has 1 aliphatic rings. The van der Waals surface area contributed by atoms with E-state index in [0.29, 0.717) is 30.6 Å². The highest BCUT2D eigenvalue weighted by atomic mass is 79.9. The Morgan fingerprint density at radius 1 is 1.23 bits per heavy atom. The molecular formula is C21H16BrClF4N2O2. The lowest BCUT2D eigenvalue weighted by molar-refractivity contribution is -0.137. The van der Waals surface area contributed by atoms with Crippen LogP contribution in [0.15, 0.2) is 40.9 Å². The van der Waals surface area contributed by atoms with Crippen LogP contribution in [-0.2, 0) is 28.7 Å². The topological polar surface area (TPSA) is 49.4 Å². The third-order valence-corrected chi connectivity index (χ3v) is 5.56. The molecule has 0 spiro atoms. The number of hydrogen-bond acceptors (Lipinski definition) is 2. The fraction of sp³-hybridized carbons (Fsp3) is 0.238. The van der Waals surface area contributed by atoms with Gasteiger partial charge in [-0.15, -0.1) is 0 Å². The zero-order chi connectivity index (χ0) is 22.8. The van der Waals surface area contributed by atoms with Gasteiger partial charge in [0.2, 0.25) is 11.8 Å². The van der Waals surface area contributed by atoms with E-state index in [0.717, 1.165) is 39.9 Å². The number of carbonyl (C=O) groups is 2. The molecule has 0 aliphatic carbocycles. The predicted molar refractivity (Wildman–Crippen MR) is 112 cm³/mol. The molecule has 1 N–H and O–H groups in total. The molecule has 164 valence electrons. The maximum absolute atomic E-state index is 13.8. The van der Waals surface area contributed by atoms with Crippen LogP contribution in [-0.4, -0.2) is 29.8 Å². The second-order valence-electron chi connectivity index (χ2n) is 6.88. The number of nitrogens with one attached hydrogen (secondary N) is 1. The molecule has 31 heavy (non-hydrogen) atoms. The molecule has 1 heterocycles. The monoisotopic (exact) mass is 518 g/mol. The molecule has 3 rings (SSSR count). The van der Waals surface area contributed by atoms with Gasteiger partial charge in [0.1, 0.15) is 5.82 Å². The van der Waals surface area contributed by atoms with Gasteiger partial charge in [-0.1, -0.05) is 33.6 Å². The number of halogens is 6. The molecule has 0 radical (unpaired) electrons. The van der Waals surface area contributed by atoms with Crippen LogP contribution in [0.2, 0.25) is 5.02 Å². The molecule has 0 aromatic heterocycles. The van der Waals surface area contributed by atoms with Crippen molar-refractivity contribution in [2.75, 3.05) is 13.1 Å². The Morgan fingerprint density at radius 3 is 2.65 bits per heavy atom. The molecule has 4 nitrogen and oxygen atoms in total. The van der Waals surface area contributed by atoms with Crippen LogP contribution in [0.5, 0.6) is 0 Å². The molecule has 2 aromatic carbocycles. The van der Waals surface area contributed by atoms with Gasteiger partial charge >= 0.3 is 6.18 Å². The van der Waals surface area contributed by atoms with Crippen LogP contribution in [0.3, 0.4) is 0 Å². The van der Waals surface area contributed by atoms with E-state index in [1.54, 1.807) is 11.0 Å². The number of carbonyl (C=O) groups excluding carboxylic acids is 2. The lowest BCUT2D eigenvalue weighted by atomic mass is 10.00. The normalized spacial score (nSPS) is 13.9. The van der Waals surface area contributed by atoms with Crippen molar-refractivity contribution in [1.29, 1.82) is 0 Å². The van der Waals surface area contributed by atoms with Crippen molar-refractivity contribution in [2.24, 2.45) is 0 Å². The summed E-state index contributed by atoms with van der Waals surface area (Å²) in [6.07, 6.45) is -2.03. The number of nitrogens with zero attached hydrogens (tertiary/aromatic N) is 1. The first kappa shape index (κ1) is 23.3. The maximum Gasteiger partial charge on any atom is 0.416 e. The highest BCUT2D eigenvalue weighted by molar-refractivity contribution is 9.10. The van der Waals surface area contributed by atoms with Crippen molar-refractivity contribution in [3.8, 4) is 0 Å². The van der Waals surface area contributed by atoms with Gasteiger partial charge in [0.15, 0.2) is 0 Å². The van der Waals surface area contributed by atoms with E-state index in [1.165, 1.54) is 0 Å². The van der Waals surface area contributed by atoms with Gasteiger partial charge in [0.25, 0.3) is 0 Å². The molecule has 10 heteroatoms. The minimum absolute atomic E-state index is 0.178. The van der Waals surface area contributed by atoms with Gasteiger partial charge in [-0.3, -0.25) is 9.59 Å². The molecule has 1 aliphatic heterocycles. The zero-order valence-electron chi connectivity index (χ0n) is 15.9. The average Bonchev–Trinajstić information content (AvgIpc) is 2.70. The van der Waals surface area contributed by atoms with Gasteiger partial charge < -0.3 is 10.2 Å². The molecule has 2 amide bonds. The van der Waals surface area contributed by atoms with Crippen LogP contribution in [0.25, 0.3) is 6.08 Å². The van der Waals surface area contributed by atoms with E-state index >= 15 is 0 Å². The van der Waals surface area contributed by atoms with Gasteiger partial charge in [-0.2, -0.15) is 13.2 Å². The Bertz CT molecular complexity index is 1060. The summed E-state index contributed by atoms with van der Waals surface area (Å²) in [4.78, 5) is 25.9. The lowest BCUT2D eigenvalue weighted by Gasteiger charge is -2.29. The number of fused-ring (bicyclic) bond motifs is 1. The quantitative estimate of drug-likeness (QED) is 0.458. The third-order valence-electron chi connectivity index (χ3n) is 4.76. The minimum Gasteiger partial charge on any atom is -0.343 e. The molecule has 0 bridgehead atoms. The molecule has 0 saturated carbocycles. The summed E-state index contributed by atoms with van der Waals surface area (Å²) in [6, 6.07) is 5.72. The van der Waals surface area contributed by atoms with E-state index in [9.17, 15) is 27.2 Å². The van der Waals surface area contributed by atoms with Crippen molar-refractivity contribution in [1.82, 2.24) is 10.2 Å². The van der Waals surface area contributed by atoms with E-state index in [1.807, 2.05) is 6.07 Å². The van der Waals surface area contributed by atoms with Gasteiger partial charge in [-0.25, -0.2) is 4.39 Å². The van der Waals surface area contributed by atoms with Crippen LogP contribution >= 0.6 is 27.5 Å². The number of rotatable bonds is 4. The van der Waals surface area contributed by atoms with Gasteiger partial charge in [0, 0.05) is 34.2 Å². The minimum atomic E-state index is -4.66. The summed E-state index contributed by atoms with van der Waals surface area (Å²) >= 11 is 9.63. The zero-order valence-corrected chi connectivity index (χ0v) is 18.2. The fourth-order valence-electron chi connectivity index (χ4n) is 3.13. The number of alkyl halides is 3. The summed E-state index contributed by atoms with van der Waals surface area (Å²) in [5.41, 5.74) is 0.609. The average molecular weight is 520 g/mol. The molecule has 0 fully saturated rings. The van der Waals surface area contributed by atoms with Crippen LogP contribution in [0.4, 0.5) is 17.6 Å². The standard InChI is InChI=1S/C21H16BrClF4N2O2/c22-15-7-13-5-6-29(11-16(13)17(23)9-15)20(31)10-28-19(30)4-2-12-1-3-14(8-18(12)24)21(25,26)27/h1-4,7-9H,5-6,10-11H2,(H,28,30)/b4-2+. The molecule has 0 unspecified atom stereocenters. The second kappa shape index (κ2) is 9.40. The van der Waals surface area contributed by atoms with Gasteiger partial charge in [0.05, 0.1) is 12.1 Å². The maximum atomic E-state index is 13.8. The largest absolute Gasteiger partial charge is 0.416 e. The summed E-state index contributed by atoms with van der Waals surface area (Å²) in [6.45, 7) is 0.520. The van der Waals surface area contributed by atoms with Crippen molar-refractivity contribution in [3.63, 3.8) is 0 Å². The van der Waals surface area contributed by atoms with Crippen LogP contribution in [0, 0.1) is 5.82 Å². The summed E-state index contributed by atoms with van der Waals surface area (Å²) in [5, 5.41) is 2.94. The number of benzene rings is 2. The molecular weight excluding hydrogens is 504 g/mol. The van der Waals surface area contributed by atoms with E-state index < -0.39 is 23.5 Å². The Labute approximate surface area is 189 Å². The van der Waals surface area contributed by atoms with Crippen molar-refractivity contribution in [3.05, 3.63) is 74.0 Å². The lowest BCUT2D eigenvalue weighted by Crippen LogP contribution is -2.42. The highest BCUT2D eigenvalue weighted by Crippen LogP contribution is 2.31. The van der Waals surface area contributed by atoms with Crippen molar-refractivity contribution >= 4 is 45.4 Å². The Morgan fingerprint density at radius 2 is 1.97 bits per heavy atom. The Balaban J connectivity index is 1.56. The smallest absolute Gasteiger partial charge is 0.343 e. The van der Waals surface area contributed by atoms with Gasteiger partial charge in [-0.05, 0) is 47.9 Å². The van der Waals surface area contributed by atoms with Crippen molar-refractivity contribution < 1.29 is 27.2 Å². The SMILES string of the molecule is O=C(/C=C/c1ccc(C(F)(F)F)cc1F)NCC(=O)N1CCc2cc(Br)cc(Cl)c2C1. The van der Waals surface area contributed by atoms with Crippen LogP contribution in [0.1, 0.15) is 22.3 Å². The first-order valence-corrected chi connectivity index (χ1v) is 10.3. The second-order valence-corrected chi connectivity index (χ2v) is 8.20. The Kier molecular flexibility index (Phi) is 7.06. The molecule has 0 atom stereocenters. The van der Waals surface area contributed by atoms with Crippen LogP contribution < -0.4 is 5.32 Å². The van der Waals surface area contributed by atoms with E-state index in [4.69, 9.17) is 11.6 Å². The Hall–Kier alpha value is -2.39. The first-order chi connectivity index (χ1) is 14.5. The van der Waals surface area contributed by atoms with E-state index in [-0.39, 0.29) is 18.0 Å². The highest BCUT2D eigenvalue weighted by Gasteiger charge is 2.31. The number of hydrogen-bond donors (Lipinski definition) is 1. The molecule has 2 aromatic rings. The molecule has 0 saturated heterocycles. The third kappa shape index (κ3) is 5.86. The fourth-order valence-corrected chi connectivity index (χ4v) is 4.07. The summed E-state index contributed by atoms with van der Waals surface area (Å²) in [5.74, 6) is -2.09. The predicted octanol–water partition coefficient (Wildman–Crippen LogP) is 4.97. The number of amides is 2. The summed E-state index contributed by atoms with van der Waals surface area (Å²) in [7, 11) is 0. The first-order valence-electron chi connectivity index (χ1n) is 9.12. The van der Waals surface area contributed by atoms with E-state index in [2.05, 4.69) is 21.2 Å². The van der Waals surface area contributed by atoms with Crippen molar-refractivity contribution in [2.45, 2.75) is 19.1 Å².